The number of methoxy groups -OCH3 is 1. The monoisotopic (exact) mass is 469 g/mol. The van der Waals surface area contributed by atoms with Crippen LogP contribution in [0, 0.1) is 5.82 Å². The molecular weight excluding hydrogens is 448 g/mol. The van der Waals surface area contributed by atoms with Crippen LogP contribution in [0.1, 0.15) is 16.7 Å². The summed E-state index contributed by atoms with van der Waals surface area (Å²) in [6, 6.07) is 18.0. The lowest BCUT2D eigenvalue weighted by Gasteiger charge is -2.15. The molecule has 0 heterocycles. The van der Waals surface area contributed by atoms with Crippen molar-refractivity contribution in [3.8, 4) is 11.5 Å². The van der Waals surface area contributed by atoms with Crippen LogP contribution in [0.25, 0.3) is 0 Å². The Morgan fingerprint density at radius 3 is 2.40 bits per heavy atom. The zero-order valence-electron chi connectivity index (χ0n) is 16.5. The molecule has 0 aliphatic rings. The first-order chi connectivity index (χ1) is 14.1. The Kier molecular flexibility index (Phi) is 9.73. The molecule has 0 bridgehead atoms. The minimum atomic E-state index is -0.316. The van der Waals surface area contributed by atoms with E-state index in [2.05, 4.69) is 5.32 Å². The van der Waals surface area contributed by atoms with Gasteiger partial charge in [0, 0.05) is 17.1 Å². The molecule has 0 unspecified atom stereocenters. The van der Waals surface area contributed by atoms with Crippen LogP contribution in [0.3, 0.4) is 0 Å². The number of nitrogens with one attached hydrogen (secondary N) is 1. The molecule has 0 atom stereocenters. The van der Waals surface area contributed by atoms with E-state index in [1.165, 1.54) is 11.6 Å². The van der Waals surface area contributed by atoms with E-state index in [1.54, 1.807) is 25.3 Å². The van der Waals surface area contributed by atoms with E-state index in [0.29, 0.717) is 28.6 Å². The first-order valence-electron chi connectivity index (χ1n) is 9.24. The smallest absolute Gasteiger partial charge is 0.180 e. The van der Waals surface area contributed by atoms with Gasteiger partial charge in [-0.15, -0.1) is 12.4 Å². The molecule has 30 heavy (non-hydrogen) atoms. The summed E-state index contributed by atoms with van der Waals surface area (Å²) in [4.78, 5) is 0. The molecule has 0 fully saturated rings. The van der Waals surface area contributed by atoms with Crippen molar-refractivity contribution in [3.63, 3.8) is 0 Å². The number of ether oxygens (including phenoxy) is 2. The highest BCUT2D eigenvalue weighted by Gasteiger charge is 2.13. The van der Waals surface area contributed by atoms with Crippen LogP contribution in [0.15, 0.2) is 60.7 Å². The Balaban J connectivity index is 0.00000320. The number of benzene rings is 3. The fraction of sp³-hybridized carbons (Fsp3) is 0.217. The van der Waals surface area contributed by atoms with Crippen LogP contribution in [-0.4, -0.2) is 13.7 Å². The van der Waals surface area contributed by atoms with Crippen molar-refractivity contribution >= 4 is 35.6 Å². The number of rotatable bonds is 9. The molecule has 3 rings (SSSR count). The first kappa shape index (κ1) is 24.3. The number of hydrogen-bond donors (Lipinski definition) is 1. The molecule has 0 radical (unpaired) electrons. The van der Waals surface area contributed by atoms with Crippen LogP contribution in [0.4, 0.5) is 4.39 Å². The summed E-state index contributed by atoms with van der Waals surface area (Å²) in [5, 5.41) is 4.55. The summed E-state index contributed by atoms with van der Waals surface area (Å²) < 4.78 is 25.0. The Bertz CT molecular complexity index is 952. The third kappa shape index (κ3) is 6.78. The summed E-state index contributed by atoms with van der Waals surface area (Å²) >= 11 is 12.3. The van der Waals surface area contributed by atoms with Gasteiger partial charge in [0.1, 0.15) is 12.4 Å². The summed E-state index contributed by atoms with van der Waals surface area (Å²) in [6.07, 6.45) is 0.895. The van der Waals surface area contributed by atoms with E-state index in [4.69, 9.17) is 32.7 Å². The Morgan fingerprint density at radius 1 is 0.967 bits per heavy atom. The van der Waals surface area contributed by atoms with Crippen molar-refractivity contribution < 1.29 is 13.9 Å². The predicted octanol–water partition coefficient (Wildman–Crippen LogP) is 6.47. The normalized spacial score (nSPS) is 10.4. The summed E-state index contributed by atoms with van der Waals surface area (Å²) in [7, 11) is 1.55. The van der Waals surface area contributed by atoms with Crippen LogP contribution in [0.2, 0.25) is 10.0 Å². The van der Waals surface area contributed by atoms with Gasteiger partial charge >= 0.3 is 0 Å². The highest BCUT2D eigenvalue weighted by molar-refractivity contribution is 6.32. The molecule has 0 spiro atoms. The molecule has 0 aliphatic carbocycles. The first-order valence-corrected chi connectivity index (χ1v) is 10.00. The van der Waals surface area contributed by atoms with Crippen LogP contribution < -0.4 is 14.8 Å². The van der Waals surface area contributed by atoms with Crippen molar-refractivity contribution in [2.45, 2.75) is 19.6 Å². The number of halogens is 4. The van der Waals surface area contributed by atoms with Crippen LogP contribution in [-0.2, 0) is 19.6 Å². The van der Waals surface area contributed by atoms with Gasteiger partial charge < -0.3 is 14.8 Å². The standard InChI is InChI=1S/C23H22Cl2FNO2.ClH/c1-28-22-13-17(14-27-11-10-16-6-8-19(24)9-7-16)12-20(25)23(22)29-15-18-4-2-3-5-21(18)26;/h2-9,12-13,27H,10-11,14-15H2,1H3;1H. The van der Waals surface area contributed by atoms with E-state index < -0.39 is 0 Å². The van der Waals surface area contributed by atoms with E-state index in [9.17, 15) is 4.39 Å². The van der Waals surface area contributed by atoms with Crippen molar-refractivity contribution in [2.24, 2.45) is 0 Å². The third-order valence-corrected chi connectivity index (χ3v) is 4.98. The molecular formula is C23H23Cl3FNO2. The summed E-state index contributed by atoms with van der Waals surface area (Å²) in [5.74, 6) is 0.606. The molecule has 7 heteroatoms. The van der Waals surface area contributed by atoms with Gasteiger partial charge in [-0.1, -0.05) is 53.5 Å². The number of hydrogen-bond acceptors (Lipinski definition) is 3. The van der Waals surface area contributed by atoms with Crippen molar-refractivity contribution in [1.29, 1.82) is 0 Å². The molecule has 0 aromatic heterocycles. The molecule has 160 valence electrons. The lowest BCUT2D eigenvalue weighted by molar-refractivity contribution is 0.279. The zero-order valence-corrected chi connectivity index (χ0v) is 18.8. The lowest BCUT2D eigenvalue weighted by atomic mass is 10.1. The van der Waals surface area contributed by atoms with Crippen molar-refractivity contribution in [2.75, 3.05) is 13.7 Å². The second-order valence-electron chi connectivity index (χ2n) is 6.54. The molecule has 1 N–H and O–H groups in total. The van der Waals surface area contributed by atoms with Crippen LogP contribution >= 0.6 is 35.6 Å². The van der Waals surface area contributed by atoms with E-state index in [-0.39, 0.29) is 24.8 Å². The van der Waals surface area contributed by atoms with Gasteiger partial charge in [-0.3, -0.25) is 0 Å². The van der Waals surface area contributed by atoms with Crippen molar-refractivity contribution in [3.05, 3.63) is 93.2 Å². The average Bonchev–Trinajstić information content (AvgIpc) is 2.72. The fourth-order valence-electron chi connectivity index (χ4n) is 2.90. The Morgan fingerprint density at radius 2 is 1.70 bits per heavy atom. The van der Waals surface area contributed by atoms with Gasteiger partial charge in [-0.25, -0.2) is 4.39 Å². The average molecular weight is 471 g/mol. The minimum Gasteiger partial charge on any atom is -0.493 e. The predicted molar refractivity (Wildman–Crippen MR) is 123 cm³/mol. The van der Waals surface area contributed by atoms with Gasteiger partial charge in [0.15, 0.2) is 11.5 Å². The highest BCUT2D eigenvalue weighted by atomic mass is 35.5. The van der Waals surface area contributed by atoms with Gasteiger partial charge in [-0.05, 0) is 54.4 Å². The zero-order chi connectivity index (χ0) is 20.6. The van der Waals surface area contributed by atoms with Gasteiger partial charge in [0.2, 0.25) is 0 Å². The van der Waals surface area contributed by atoms with Gasteiger partial charge in [0.25, 0.3) is 0 Å². The maximum atomic E-state index is 13.8. The molecule has 3 aromatic carbocycles. The highest BCUT2D eigenvalue weighted by Crippen LogP contribution is 2.37. The second kappa shape index (κ2) is 12.0. The van der Waals surface area contributed by atoms with E-state index >= 15 is 0 Å². The topological polar surface area (TPSA) is 30.5 Å². The van der Waals surface area contributed by atoms with Gasteiger partial charge in [0.05, 0.1) is 12.1 Å². The SMILES string of the molecule is COc1cc(CNCCc2ccc(Cl)cc2)cc(Cl)c1OCc1ccccc1F.Cl. The maximum Gasteiger partial charge on any atom is 0.180 e. The summed E-state index contributed by atoms with van der Waals surface area (Å²) in [5.41, 5.74) is 2.65. The molecule has 3 nitrogen and oxygen atoms in total. The van der Waals surface area contributed by atoms with Crippen molar-refractivity contribution in [1.82, 2.24) is 5.32 Å². The Labute approximate surface area is 192 Å². The minimum absolute atomic E-state index is 0. The van der Waals surface area contributed by atoms with E-state index in [1.807, 2.05) is 36.4 Å². The van der Waals surface area contributed by atoms with Gasteiger partial charge in [-0.2, -0.15) is 0 Å². The third-order valence-electron chi connectivity index (χ3n) is 4.45. The molecule has 0 aliphatic heterocycles. The lowest BCUT2D eigenvalue weighted by Crippen LogP contribution is -2.16. The van der Waals surface area contributed by atoms with Crippen LogP contribution in [0.5, 0.6) is 11.5 Å². The second-order valence-corrected chi connectivity index (χ2v) is 7.39. The maximum absolute atomic E-state index is 13.8. The molecule has 0 saturated heterocycles. The molecule has 3 aromatic rings. The quantitative estimate of drug-likeness (QED) is 0.363. The molecule has 0 saturated carbocycles. The fourth-order valence-corrected chi connectivity index (χ4v) is 3.31. The van der Waals surface area contributed by atoms with E-state index in [0.717, 1.165) is 23.6 Å². The Hall–Kier alpha value is -1.98. The summed E-state index contributed by atoms with van der Waals surface area (Å²) in [6.45, 7) is 1.52. The largest absolute Gasteiger partial charge is 0.493 e. The molecule has 0 amide bonds.